The highest BCUT2D eigenvalue weighted by molar-refractivity contribution is 5.82. The van der Waals surface area contributed by atoms with Crippen molar-refractivity contribution in [3.8, 4) is 0 Å². The zero-order valence-electron chi connectivity index (χ0n) is 15.1. The molecule has 3 rings (SSSR count). The summed E-state index contributed by atoms with van der Waals surface area (Å²) in [7, 11) is 0. The highest BCUT2D eigenvalue weighted by Gasteiger charge is 2.63. The van der Waals surface area contributed by atoms with Crippen LogP contribution in [0.25, 0.3) is 5.57 Å². The van der Waals surface area contributed by atoms with Crippen LogP contribution in [-0.4, -0.2) is 37.2 Å². The summed E-state index contributed by atoms with van der Waals surface area (Å²) in [6, 6.07) is 4.23. The molecule has 0 radical (unpaired) electrons. The summed E-state index contributed by atoms with van der Waals surface area (Å²) in [5, 5.41) is 0. The van der Waals surface area contributed by atoms with Gasteiger partial charge in [-0.05, 0) is 50.5 Å². The number of amidine groups is 1. The Hall–Kier alpha value is -1.86. The van der Waals surface area contributed by atoms with Gasteiger partial charge in [-0.3, -0.25) is 4.99 Å². The zero-order valence-corrected chi connectivity index (χ0v) is 15.1. The molecule has 0 saturated carbocycles. The monoisotopic (exact) mass is 368 g/mol. The van der Waals surface area contributed by atoms with Gasteiger partial charge < -0.3 is 15.2 Å². The summed E-state index contributed by atoms with van der Waals surface area (Å²) in [4.78, 5) is 4.01. The molecule has 2 aliphatic heterocycles. The van der Waals surface area contributed by atoms with Crippen molar-refractivity contribution in [2.75, 3.05) is 19.8 Å². The Kier molecular flexibility index (Phi) is 4.65. The lowest BCUT2D eigenvalue weighted by Crippen LogP contribution is -2.56. The van der Waals surface area contributed by atoms with E-state index in [9.17, 15) is 4.39 Å². The van der Waals surface area contributed by atoms with Crippen LogP contribution < -0.4 is 5.73 Å². The second-order valence-corrected chi connectivity index (χ2v) is 7.30. The maximum atomic E-state index is 15.4. The summed E-state index contributed by atoms with van der Waals surface area (Å²) in [6.07, 6.45) is 2.51. The SMILES string of the molecule is CC1(C)OCC(N)=N[C@](C)(c2cc(C3=CCOCC3)ccc2F)C1(F)F. The molecule has 0 amide bonds. The molecule has 26 heavy (non-hydrogen) atoms. The van der Waals surface area contributed by atoms with Crippen LogP contribution in [0.2, 0.25) is 0 Å². The maximum Gasteiger partial charge on any atom is 0.304 e. The summed E-state index contributed by atoms with van der Waals surface area (Å²) >= 11 is 0. The summed E-state index contributed by atoms with van der Waals surface area (Å²) in [6.45, 7) is 4.49. The Morgan fingerprint density at radius 1 is 1.19 bits per heavy atom. The van der Waals surface area contributed by atoms with E-state index in [-0.39, 0.29) is 18.0 Å². The van der Waals surface area contributed by atoms with Gasteiger partial charge in [-0.15, -0.1) is 0 Å². The largest absolute Gasteiger partial charge is 0.385 e. The lowest BCUT2D eigenvalue weighted by Gasteiger charge is -2.42. The van der Waals surface area contributed by atoms with Crippen LogP contribution in [0.4, 0.5) is 13.2 Å². The number of hydrogen-bond acceptors (Lipinski definition) is 4. The number of alkyl halides is 2. The van der Waals surface area contributed by atoms with Crippen molar-refractivity contribution < 1.29 is 22.6 Å². The second kappa shape index (κ2) is 6.39. The number of ether oxygens (including phenoxy) is 2. The van der Waals surface area contributed by atoms with Crippen LogP contribution in [0.5, 0.6) is 0 Å². The van der Waals surface area contributed by atoms with E-state index in [4.69, 9.17) is 15.2 Å². The van der Waals surface area contributed by atoms with Gasteiger partial charge in [0.1, 0.15) is 23.9 Å². The molecule has 7 heteroatoms. The Labute approximate surface area is 150 Å². The number of rotatable bonds is 2. The molecule has 2 aliphatic rings. The Morgan fingerprint density at radius 3 is 2.58 bits per heavy atom. The van der Waals surface area contributed by atoms with Crippen molar-refractivity contribution in [3.63, 3.8) is 0 Å². The van der Waals surface area contributed by atoms with Crippen LogP contribution in [0.15, 0.2) is 29.3 Å². The van der Waals surface area contributed by atoms with E-state index in [2.05, 4.69) is 4.99 Å². The maximum absolute atomic E-state index is 15.4. The highest BCUT2D eigenvalue weighted by Crippen LogP contribution is 2.50. The topological polar surface area (TPSA) is 56.8 Å². The fourth-order valence-corrected chi connectivity index (χ4v) is 3.44. The van der Waals surface area contributed by atoms with Crippen LogP contribution in [-0.2, 0) is 15.0 Å². The van der Waals surface area contributed by atoms with E-state index in [0.717, 1.165) is 5.57 Å². The molecule has 1 aromatic carbocycles. The third-order valence-corrected chi connectivity index (χ3v) is 5.14. The number of aliphatic imine (C=N–C) groups is 1. The Balaban J connectivity index is 2.18. The second-order valence-electron chi connectivity index (χ2n) is 7.30. The molecular formula is C19H23F3N2O2. The third kappa shape index (κ3) is 2.93. The first-order chi connectivity index (χ1) is 12.1. The van der Waals surface area contributed by atoms with Gasteiger partial charge >= 0.3 is 5.92 Å². The Bertz CT molecular complexity index is 774. The van der Waals surface area contributed by atoms with Gasteiger partial charge in [-0.2, -0.15) is 0 Å². The molecule has 0 unspecified atom stereocenters. The molecule has 0 fully saturated rings. The molecule has 4 nitrogen and oxygen atoms in total. The van der Waals surface area contributed by atoms with E-state index in [0.29, 0.717) is 25.2 Å². The van der Waals surface area contributed by atoms with E-state index in [1.807, 2.05) is 6.08 Å². The molecule has 2 N–H and O–H groups in total. The van der Waals surface area contributed by atoms with E-state index in [1.165, 1.54) is 32.9 Å². The third-order valence-electron chi connectivity index (χ3n) is 5.14. The van der Waals surface area contributed by atoms with Crippen molar-refractivity contribution in [2.45, 2.75) is 44.3 Å². The van der Waals surface area contributed by atoms with Crippen LogP contribution >= 0.6 is 0 Å². The summed E-state index contributed by atoms with van der Waals surface area (Å²) in [5.74, 6) is -4.34. The predicted octanol–water partition coefficient (Wildman–Crippen LogP) is 3.65. The lowest BCUT2D eigenvalue weighted by molar-refractivity contribution is -0.214. The van der Waals surface area contributed by atoms with Crippen molar-refractivity contribution in [2.24, 2.45) is 10.7 Å². The van der Waals surface area contributed by atoms with E-state index in [1.54, 1.807) is 6.07 Å². The van der Waals surface area contributed by atoms with Gasteiger partial charge in [-0.25, -0.2) is 13.2 Å². The molecule has 0 saturated heterocycles. The van der Waals surface area contributed by atoms with Gasteiger partial charge in [0.2, 0.25) is 0 Å². The van der Waals surface area contributed by atoms with Crippen molar-refractivity contribution in [1.29, 1.82) is 0 Å². The smallest absolute Gasteiger partial charge is 0.304 e. The quantitative estimate of drug-likeness (QED) is 0.867. The number of halogens is 3. The number of nitrogens with two attached hydrogens (primary N) is 1. The standard InChI is InChI=1S/C19H23F3N2O2/c1-17(2)19(21,22)18(3,24-16(23)11-26-17)14-10-13(4-5-15(14)20)12-6-8-25-9-7-12/h4-6,10H,7-9,11H2,1-3H3,(H2,23,24)/t18-/m1/s1. The van der Waals surface area contributed by atoms with Crippen LogP contribution in [0.1, 0.15) is 38.3 Å². The minimum atomic E-state index is -3.50. The molecule has 0 aliphatic carbocycles. The van der Waals surface area contributed by atoms with E-state index < -0.39 is 22.9 Å². The fraction of sp³-hybridized carbons (Fsp3) is 0.526. The average molecular weight is 368 g/mol. The van der Waals surface area contributed by atoms with Gasteiger partial charge in [0.05, 0.1) is 13.2 Å². The minimum Gasteiger partial charge on any atom is -0.385 e. The first-order valence-electron chi connectivity index (χ1n) is 8.52. The molecule has 2 heterocycles. The van der Waals surface area contributed by atoms with Gasteiger partial charge in [0.15, 0.2) is 5.54 Å². The molecule has 0 spiro atoms. The molecule has 0 aromatic heterocycles. The summed E-state index contributed by atoms with van der Waals surface area (Å²) in [5.41, 5.74) is 3.12. The fourth-order valence-electron chi connectivity index (χ4n) is 3.44. The van der Waals surface area contributed by atoms with Crippen molar-refractivity contribution in [1.82, 2.24) is 0 Å². The Morgan fingerprint density at radius 2 is 1.92 bits per heavy atom. The number of benzene rings is 1. The zero-order chi connectivity index (χ0) is 19.2. The number of hydrogen-bond donors (Lipinski definition) is 1. The van der Waals surface area contributed by atoms with Crippen LogP contribution in [0, 0.1) is 5.82 Å². The van der Waals surface area contributed by atoms with Crippen molar-refractivity contribution in [3.05, 3.63) is 41.2 Å². The minimum absolute atomic E-state index is 0.0900. The summed E-state index contributed by atoms with van der Waals surface area (Å²) < 4.78 is 56.1. The number of nitrogens with zero attached hydrogens (tertiary/aromatic N) is 1. The first kappa shape index (κ1) is 18.9. The van der Waals surface area contributed by atoms with Gasteiger partial charge in [-0.1, -0.05) is 12.1 Å². The van der Waals surface area contributed by atoms with E-state index >= 15 is 8.78 Å². The first-order valence-corrected chi connectivity index (χ1v) is 8.52. The van der Waals surface area contributed by atoms with Crippen molar-refractivity contribution >= 4 is 11.4 Å². The normalized spacial score (nSPS) is 28.1. The lowest BCUT2D eigenvalue weighted by atomic mass is 9.77. The highest BCUT2D eigenvalue weighted by atomic mass is 19.3. The molecule has 0 bridgehead atoms. The van der Waals surface area contributed by atoms with Crippen LogP contribution in [0.3, 0.4) is 0 Å². The predicted molar refractivity (Wildman–Crippen MR) is 93.8 cm³/mol. The molecule has 1 aromatic rings. The van der Waals surface area contributed by atoms with Gasteiger partial charge in [0, 0.05) is 5.56 Å². The van der Waals surface area contributed by atoms with Gasteiger partial charge in [0.25, 0.3) is 0 Å². The molecule has 142 valence electrons. The molecule has 1 atom stereocenters. The average Bonchev–Trinajstić information content (AvgIpc) is 2.66. The molecular weight excluding hydrogens is 345 g/mol.